The summed E-state index contributed by atoms with van der Waals surface area (Å²) in [5, 5.41) is 72.2. The van der Waals surface area contributed by atoms with Crippen LogP contribution in [0.15, 0.2) is 72.9 Å². The summed E-state index contributed by atoms with van der Waals surface area (Å²) in [6, 6.07) is 0. The molecule has 11 unspecified atom stereocenters. The Balaban J connectivity index is 1.72. The monoisotopic (exact) mass is 1010 g/mol. The van der Waals surface area contributed by atoms with Crippen LogP contribution in [0.1, 0.15) is 181 Å². The third-order valence-electron chi connectivity index (χ3n) is 12.7. The Morgan fingerprint density at radius 1 is 0.479 bits per heavy atom. The van der Waals surface area contributed by atoms with Crippen molar-refractivity contribution in [1.29, 1.82) is 0 Å². The van der Waals surface area contributed by atoms with Crippen LogP contribution in [0.2, 0.25) is 0 Å². The fourth-order valence-corrected chi connectivity index (χ4v) is 8.27. The minimum atomic E-state index is -1.72. The van der Waals surface area contributed by atoms with Crippen LogP contribution in [0.25, 0.3) is 0 Å². The van der Waals surface area contributed by atoms with Gasteiger partial charge < -0.3 is 64.2 Å². The second-order valence-electron chi connectivity index (χ2n) is 19.0. The summed E-state index contributed by atoms with van der Waals surface area (Å²) in [5.41, 5.74) is 0. The van der Waals surface area contributed by atoms with Crippen LogP contribution in [0.5, 0.6) is 0 Å². The molecule has 0 bridgehead atoms. The zero-order valence-corrected chi connectivity index (χ0v) is 43.7. The molecule has 0 spiro atoms. The minimum absolute atomic E-state index is 0.0288. The summed E-state index contributed by atoms with van der Waals surface area (Å²) in [4.78, 5) is 13.0. The molecule has 7 N–H and O–H groups in total. The van der Waals surface area contributed by atoms with E-state index in [2.05, 4.69) is 74.6 Å². The Bertz CT molecular complexity index is 1450. The van der Waals surface area contributed by atoms with Gasteiger partial charge >= 0.3 is 5.97 Å². The van der Waals surface area contributed by atoms with Crippen molar-refractivity contribution < 1.29 is 69.0 Å². The third-order valence-corrected chi connectivity index (χ3v) is 12.7. The van der Waals surface area contributed by atoms with E-state index in [4.69, 9.17) is 28.4 Å². The predicted molar refractivity (Wildman–Crippen MR) is 279 cm³/mol. The van der Waals surface area contributed by atoms with Gasteiger partial charge in [-0.15, -0.1) is 0 Å². The standard InChI is InChI=1S/C57H98O14/c1-3-5-7-9-11-13-15-17-18-19-20-21-22-23-24-25-26-27-29-31-33-35-37-39-41-66-43-46(69-49(59)40-38-36-34-32-30-28-16-14-12-10-8-6-4-2)44-67-56-55(65)53(63)51(61)48(71-56)45-68-57-54(64)52(62)50(60)47(42-58)70-57/h6,8,12,14-15,17,19-20,28,30,34,36,46-48,50-58,60-65H,3-5,7,9-11,13,16,18,21-27,29,31-33,35,37-45H2,1-2H3/b8-6-,14-12-,17-15-,20-19-,30-28-,36-34-. The number of hydrogen-bond acceptors (Lipinski definition) is 14. The van der Waals surface area contributed by atoms with Gasteiger partial charge in [-0.05, 0) is 70.6 Å². The fraction of sp³-hybridized carbons (Fsp3) is 0.772. The van der Waals surface area contributed by atoms with E-state index in [-0.39, 0.29) is 19.6 Å². The molecule has 0 aliphatic carbocycles. The molecule has 410 valence electrons. The number of hydrogen-bond donors (Lipinski definition) is 7. The highest BCUT2D eigenvalue weighted by Crippen LogP contribution is 2.26. The number of unbranched alkanes of at least 4 members (excludes halogenated alkanes) is 17. The van der Waals surface area contributed by atoms with Gasteiger partial charge in [0, 0.05) is 13.0 Å². The van der Waals surface area contributed by atoms with E-state index in [1.54, 1.807) is 0 Å². The molecule has 0 aromatic carbocycles. The smallest absolute Gasteiger partial charge is 0.306 e. The number of aliphatic hydroxyl groups excluding tert-OH is 7. The highest BCUT2D eigenvalue weighted by Gasteiger charge is 2.47. The lowest BCUT2D eigenvalue weighted by molar-refractivity contribution is -0.332. The zero-order chi connectivity index (χ0) is 51.6. The summed E-state index contributed by atoms with van der Waals surface area (Å²) in [6.07, 6.45) is 38.5. The molecule has 2 aliphatic rings. The third kappa shape index (κ3) is 31.0. The van der Waals surface area contributed by atoms with Gasteiger partial charge in [0.25, 0.3) is 0 Å². The van der Waals surface area contributed by atoms with E-state index >= 15 is 0 Å². The van der Waals surface area contributed by atoms with Gasteiger partial charge in [-0.3, -0.25) is 4.79 Å². The van der Waals surface area contributed by atoms with Crippen molar-refractivity contribution in [3.63, 3.8) is 0 Å². The van der Waals surface area contributed by atoms with Crippen molar-refractivity contribution in [3.05, 3.63) is 72.9 Å². The number of aliphatic hydroxyl groups is 7. The molecule has 0 aromatic heterocycles. The van der Waals surface area contributed by atoms with Crippen molar-refractivity contribution in [2.24, 2.45) is 0 Å². The van der Waals surface area contributed by atoms with Gasteiger partial charge in [0.1, 0.15) is 54.9 Å². The Morgan fingerprint density at radius 3 is 1.44 bits per heavy atom. The number of rotatable bonds is 43. The second-order valence-corrected chi connectivity index (χ2v) is 19.0. The van der Waals surface area contributed by atoms with Gasteiger partial charge in [-0.1, -0.05) is 177 Å². The molecule has 0 radical (unpaired) electrons. The van der Waals surface area contributed by atoms with Gasteiger partial charge in [0.05, 0.1) is 26.4 Å². The highest BCUT2D eigenvalue weighted by molar-refractivity contribution is 5.69. The maximum atomic E-state index is 13.0. The Kier molecular flexibility index (Phi) is 39.8. The fourth-order valence-electron chi connectivity index (χ4n) is 8.27. The molecular weight excluding hydrogens is 909 g/mol. The van der Waals surface area contributed by atoms with E-state index < -0.39 is 86.7 Å². The molecule has 11 atom stereocenters. The SMILES string of the molecule is CC/C=C\C/C=C\C/C=C\C/C=C\CCC(=O)OC(COCCCCCCCCCCCCCC/C=C\C/C=C\CCCCCCC)COC1OC(COC2OC(CO)C(O)C(O)C2O)C(O)C(O)C1O. The number of carbonyl (C=O) groups is 1. The van der Waals surface area contributed by atoms with E-state index in [9.17, 15) is 40.5 Å². The zero-order valence-electron chi connectivity index (χ0n) is 43.7. The van der Waals surface area contributed by atoms with Crippen LogP contribution >= 0.6 is 0 Å². The molecule has 2 saturated heterocycles. The first kappa shape index (κ1) is 64.5. The lowest BCUT2D eigenvalue weighted by Crippen LogP contribution is -2.61. The maximum Gasteiger partial charge on any atom is 0.306 e. The van der Waals surface area contributed by atoms with E-state index in [1.807, 2.05) is 12.2 Å². The molecule has 2 fully saturated rings. The average molecular weight is 1010 g/mol. The van der Waals surface area contributed by atoms with Crippen molar-refractivity contribution >= 4 is 5.97 Å². The first-order valence-electron chi connectivity index (χ1n) is 27.5. The normalized spacial score (nSPS) is 25.9. The van der Waals surface area contributed by atoms with Gasteiger partial charge in [0.15, 0.2) is 12.6 Å². The molecule has 14 heteroatoms. The summed E-state index contributed by atoms with van der Waals surface area (Å²) in [5.74, 6) is -0.457. The minimum Gasteiger partial charge on any atom is -0.457 e. The Hall–Kier alpha value is -2.57. The first-order chi connectivity index (χ1) is 34.6. The molecule has 2 rings (SSSR count). The van der Waals surface area contributed by atoms with Gasteiger partial charge in [-0.25, -0.2) is 0 Å². The van der Waals surface area contributed by atoms with E-state index in [1.165, 1.54) is 103 Å². The molecule has 0 amide bonds. The summed E-state index contributed by atoms with van der Waals surface area (Å²) in [7, 11) is 0. The number of esters is 1. The number of carbonyl (C=O) groups excluding carboxylic acids is 1. The average Bonchev–Trinajstić information content (AvgIpc) is 3.37. The molecule has 0 aromatic rings. The lowest BCUT2D eigenvalue weighted by atomic mass is 9.98. The van der Waals surface area contributed by atoms with Gasteiger partial charge in [0.2, 0.25) is 0 Å². The van der Waals surface area contributed by atoms with Crippen molar-refractivity contribution in [2.45, 2.75) is 248 Å². The molecule has 71 heavy (non-hydrogen) atoms. The van der Waals surface area contributed by atoms with Crippen molar-refractivity contribution in [2.75, 3.05) is 33.0 Å². The molecular formula is C57H98O14. The van der Waals surface area contributed by atoms with Crippen molar-refractivity contribution in [1.82, 2.24) is 0 Å². The first-order valence-corrected chi connectivity index (χ1v) is 27.5. The Morgan fingerprint density at radius 2 is 0.915 bits per heavy atom. The quantitative estimate of drug-likeness (QED) is 0.0173. The van der Waals surface area contributed by atoms with Crippen LogP contribution < -0.4 is 0 Å². The van der Waals surface area contributed by atoms with Gasteiger partial charge in [-0.2, -0.15) is 0 Å². The van der Waals surface area contributed by atoms with E-state index in [0.717, 1.165) is 51.4 Å². The van der Waals surface area contributed by atoms with Crippen LogP contribution in [0, 0.1) is 0 Å². The highest BCUT2D eigenvalue weighted by atomic mass is 16.7. The van der Waals surface area contributed by atoms with Crippen molar-refractivity contribution in [3.8, 4) is 0 Å². The summed E-state index contributed by atoms with van der Waals surface area (Å²) < 4.78 is 34.2. The predicted octanol–water partition coefficient (Wildman–Crippen LogP) is 9.08. The maximum absolute atomic E-state index is 13.0. The topological polar surface area (TPSA) is 214 Å². The second kappa shape index (κ2) is 43.8. The van der Waals surface area contributed by atoms with Crippen LogP contribution in [-0.2, 0) is 33.2 Å². The molecule has 2 heterocycles. The molecule has 0 saturated carbocycles. The number of allylic oxidation sites excluding steroid dienone is 12. The van der Waals surface area contributed by atoms with Crippen LogP contribution in [-0.4, -0.2) is 142 Å². The summed E-state index contributed by atoms with van der Waals surface area (Å²) >= 11 is 0. The number of ether oxygens (including phenoxy) is 6. The molecule has 14 nitrogen and oxygen atoms in total. The van der Waals surface area contributed by atoms with E-state index in [0.29, 0.717) is 13.0 Å². The largest absolute Gasteiger partial charge is 0.457 e. The lowest BCUT2D eigenvalue weighted by Gasteiger charge is -2.42. The summed E-state index contributed by atoms with van der Waals surface area (Å²) in [6.45, 7) is 3.46. The van der Waals surface area contributed by atoms with Crippen LogP contribution in [0.4, 0.5) is 0 Å². The molecule has 2 aliphatic heterocycles. The van der Waals surface area contributed by atoms with Crippen LogP contribution in [0.3, 0.4) is 0 Å². The Labute approximate surface area is 427 Å².